The lowest BCUT2D eigenvalue weighted by Crippen LogP contribution is -2.05. The maximum atomic E-state index is 12.1. The summed E-state index contributed by atoms with van der Waals surface area (Å²) < 4.78 is 16.7. The molecule has 0 bridgehead atoms. The highest BCUT2D eigenvalue weighted by molar-refractivity contribution is 9.10. The van der Waals surface area contributed by atoms with E-state index in [0.29, 0.717) is 6.61 Å². The Labute approximate surface area is 154 Å². The lowest BCUT2D eigenvalue weighted by atomic mass is 10.2. The van der Waals surface area contributed by atoms with Gasteiger partial charge in [-0.1, -0.05) is 6.07 Å². The predicted octanol–water partition coefficient (Wildman–Crippen LogP) is 4.20. The monoisotopic (exact) mass is 401 g/mol. The number of cyclic esters (lactones) is 1. The Hall–Kier alpha value is -2.60. The number of methoxy groups -OCH3 is 1. The first-order chi connectivity index (χ1) is 12.1. The highest BCUT2D eigenvalue weighted by Gasteiger charge is 2.24. The second-order valence-corrected chi connectivity index (χ2v) is 6.04. The van der Waals surface area contributed by atoms with E-state index in [4.69, 9.17) is 14.2 Å². The van der Waals surface area contributed by atoms with Crippen LogP contribution in [0.5, 0.6) is 11.5 Å². The van der Waals surface area contributed by atoms with Crippen LogP contribution in [0.1, 0.15) is 18.1 Å². The fourth-order valence-electron chi connectivity index (χ4n) is 2.32. The zero-order valence-corrected chi connectivity index (χ0v) is 15.4. The summed E-state index contributed by atoms with van der Waals surface area (Å²) in [5.41, 5.74) is 1.79. The predicted molar refractivity (Wildman–Crippen MR) is 98.9 cm³/mol. The minimum absolute atomic E-state index is 0.251. The van der Waals surface area contributed by atoms with Gasteiger partial charge in [-0.3, -0.25) is 0 Å². The third-order valence-electron chi connectivity index (χ3n) is 3.51. The molecule has 5 nitrogen and oxygen atoms in total. The number of aliphatic imine (C=N–C) groups is 1. The summed E-state index contributed by atoms with van der Waals surface area (Å²) >= 11 is 3.42. The first-order valence-corrected chi connectivity index (χ1v) is 8.49. The zero-order valence-electron chi connectivity index (χ0n) is 13.8. The number of rotatable bonds is 5. The summed E-state index contributed by atoms with van der Waals surface area (Å²) in [7, 11) is 1.60. The first kappa shape index (κ1) is 17.2. The summed E-state index contributed by atoms with van der Waals surface area (Å²) in [6.45, 7) is 2.52. The molecule has 1 aliphatic rings. The molecule has 0 amide bonds. The first-order valence-electron chi connectivity index (χ1n) is 7.70. The van der Waals surface area contributed by atoms with Crippen molar-refractivity contribution in [1.29, 1.82) is 0 Å². The molecule has 0 fully saturated rings. The van der Waals surface area contributed by atoms with Gasteiger partial charge in [-0.25, -0.2) is 9.79 Å². The minimum Gasteiger partial charge on any atom is -0.496 e. The van der Waals surface area contributed by atoms with E-state index in [1.54, 1.807) is 13.2 Å². The number of hydrogen-bond donors (Lipinski definition) is 0. The fourth-order valence-corrected chi connectivity index (χ4v) is 2.88. The summed E-state index contributed by atoms with van der Waals surface area (Å²) in [6, 6.07) is 12.8. The van der Waals surface area contributed by atoms with Gasteiger partial charge in [-0.15, -0.1) is 0 Å². The van der Waals surface area contributed by atoms with Gasteiger partial charge in [0.1, 0.15) is 11.5 Å². The van der Waals surface area contributed by atoms with Crippen LogP contribution in [0.4, 0.5) is 0 Å². The van der Waals surface area contributed by atoms with Crippen molar-refractivity contribution < 1.29 is 19.0 Å². The Morgan fingerprint density at radius 1 is 1.20 bits per heavy atom. The molecule has 0 saturated heterocycles. The molecule has 6 heteroatoms. The number of ether oxygens (including phenoxy) is 3. The molecule has 0 aliphatic carbocycles. The number of carbonyl (C=O) groups is 1. The van der Waals surface area contributed by atoms with Crippen molar-refractivity contribution in [3.63, 3.8) is 0 Å². The summed E-state index contributed by atoms with van der Waals surface area (Å²) in [5.74, 6) is 1.28. The van der Waals surface area contributed by atoms with Gasteiger partial charge in [-0.2, -0.15) is 0 Å². The van der Waals surface area contributed by atoms with Gasteiger partial charge in [0.25, 0.3) is 0 Å². The van der Waals surface area contributed by atoms with Crippen molar-refractivity contribution >= 4 is 33.9 Å². The van der Waals surface area contributed by atoms with Crippen LogP contribution in [0.15, 0.2) is 57.6 Å². The largest absolute Gasteiger partial charge is 0.496 e. The molecule has 1 heterocycles. The molecule has 1 aliphatic heterocycles. The van der Waals surface area contributed by atoms with Crippen molar-refractivity contribution in [2.45, 2.75) is 6.92 Å². The maximum absolute atomic E-state index is 12.1. The molecule has 0 aromatic heterocycles. The molecule has 25 heavy (non-hydrogen) atoms. The van der Waals surface area contributed by atoms with Crippen LogP contribution in [-0.4, -0.2) is 25.6 Å². The molecule has 0 unspecified atom stereocenters. The van der Waals surface area contributed by atoms with Crippen molar-refractivity contribution in [1.82, 2.24) is 0 Å². The average molecular weight is 402 g/mol. The van der Waals surface area contributed by atoms with Crippen molar-refractivity contribution in [3.05, 3.63) is 63.8 Å². The van der Waals surface area contributed by atoms with E-state index < -0.39 is 5.97 Å². The van der Waals surface area contributed by atoms with E-state index in [1.807, 2.05) is 49.4 Å². The molecule has 3 rings (SSSR count). The second kappa shape index (κ2) is 7.53. The number of hydrogen-bond acceptors (Lipinski definition) is 5. The molecule has 0 radical (unpaired) electrons. The fraction of sp³-hybridized carbons (Fsp3) is 0.158. The maximum Gasteiger partial charge on any atom is 0.363 e. The second-order valence-electron chi connectivity index (χ2n) is 5.19. The zero-order chi connectivity index (χ0) is 17.8. The molecule has 0 N–H and O–H groups in total. The molecule has 2 aromatic rings. The lowest BCUT2D eigenvalue weighted by molar-refractivity contribution is -0.129. The van der Waals surface area contributed by atoms with Gasteiger partial charge in [0.05, 0.1) is 18.2 Å². The van der Waals surface area contributed by atoms with E-state index in [2.05, 4.69) is 20.9 Å². The van der Waals surface area contributed by atoms with Crippen LogP contribution in [0.3, 0.4) is 0 Å². The average Bonchev–Trinajstić information content (AvgIpc) is 2.97. The number of nitrogens with zero attached hydrogens (tertiary/aromatic N) is 1. The number of esters is 1. The van der Waals surface area contributed by atoms with Crippen LogP contribution in [0.2, 0.25) is 0 Å². The van der Waals surface area contributed by atoms with Gasteiger partial charge in [-0.05, 0) is 70.9 Å². The Morgan fingerprint density at radius 3 is 2.60 bits per heavy atom. The Kier molecular flexibility index (Phi) is 5.19. The Morgan fingerprint density at radius 2 is 1.96 bits per heavy atom. The Bertz CT molecular complexity index is 856. The number of carbonyl (C=O) groups excluding carboxylic acids is 1. The topological polar surface area (TPSA) is 57.1 Å². The summed E-state index contributed by atoms with van der Waals surface area (Å²) in [5, 5.41) is 0. The van der Waals surface area contributed by atoms with Gasteiger partial charge in [0, 0.05) is 5.56 Å². The molecule has 2 aromatic carbocycles. The smallest absolute Gasteiger partial charge is 0.363 e. The van der Waals surface area contributed by atoms with Crippen molar-refractivity contribution in [2.24, 2.45) is 4.99 Å². The van der Waals surface area contributed by atoms with Crippen LogP contribution >= 0.6 is 15.9 Å². The quantitative estimate of drug-likeness (QED) is 0.556. The van der Waals surface area contributed by atoms with Gasteiger partial charge < -0.3 is 14.2 Å². The van der Waals surface area contributed by atoms with E-state index in [1.165, 1.54) is 0 Å². The molecule has 0 spiro atoms. The van der Waals surface area contributed by atoms with E-state index >= 15 is 0 Å². The molecule has 0 saturated carbocycles. The minimum atomic E-state index is -0.476. The van der Waals surface area contributed by atoms with Crippen LogP contribution in [-0.2, 0) is 9.53 Å². The van der Waals surface area contributed by atoms with Crippen LogP contribution in [0, 0.1) is 0 Å². The third-order valence-corrected chi connectivity index (χ3v) is 4.13. The van der Waals surface area contributed by atoms with E-state index in [9.17, 15) is 4.79 Å². The van der Waals surface area contributed by atoms with E-state index in [-0.39, 0.29) is 11.6 Å². The van der Waals surface area contributed by atoms with Crippen molar-refractivity contribution in [2.75, 3.05) is 13.7 Å². The highest BCUT2D eigenvalue weighted by Crippen LogP contribution is 2.27. The number of benzene rings is 2. The molecule has 0 atom stereocenters. The molecular formula is C19H16BrNO4. The normalized spacial score (nSPS) is 15.1. The van der Waals surface area contributed by atoms with Crippen LogP contribution < -0.4 is 9.47 Å². The standard InChI is InChI=1S/C19H16BrNO4/c1-3-24-14-7-5-13(6-8-14)18-21-16(19(22)25-18)11-12-4-9-17(23-2)15(20)10-12/h4-11H,3H2,1-2H3/b16-11-. The number of halogens is 1. The lowest BCUT2D eigenvalue weighted by Gasteiger charge is -2.03. The van der Waals surface area contributed by atoms with Crippen LogP contribution in [0.25, 0.3) is 6.08 Å². The third kappa shape index (κ3) is 3.91. The van der Waals surface area contributed by atoms with Gasteiger partial charge >= 0.3 is 5.97 Å². The Balaban J connectivity index is 1.85. The van der Waals surface area contributed by atoms with Gasteiger partial charge in [0.15, 0.2) is 5.70 Å². The summed E-state index contributed by atoms with van der Waals surface area (Å²) in [4.78, 5) is 16.4. The van der Waals surface area contributed by atoms with E-state index in [0.717, 1.165) is 27.1 Å². The van der Waals surface area contributed by atoms with Gasteiger partial charge in [0.2, 0.25) is 5.90 Å². The SMILES string of the molecule is CCOc1ccc(C2=N/C(=C\c3ccc(OC)c(Br)c3)C(=O)O2)cc1. The molecule has 128 valence electrons. The summed E-state index contributed by atoms with van der Waals surface area (Å²) in [6.07, 6.45) is 1.67. The van der Waals surface area contributed by atoms with Crippen molar-refractivity contribution in [3.8, 4) is 11.5 Å². The molecular weight excluding hydrogens is 386 g/mol. The highest BCUT2D eigenvalue weighted by atomic mass is 79.9.